The largest absolute Gasteiger partial charge is 0.412 e. The third kappa shape index (κ3) is 113. The average molecular weight is 880 g/mol. The van der Waals surface area contributed by atoms with Crippen LogP contribution in [0.25, 0.3) is 0 Å². The molecule has 2 aliphatic rings. The van der Waals surface area contributed by atoms with Gasteiger partial charge in [0.2, 0.25) is 0 Å². The first-order chi connectivity index (χ1) is 19.7. The van der Waals surface area contributed by atoms with Gasteiger partial charge in [-0.2, -0.15) is 0 Å². The van der Waals surface area contributed by atoms with Crippen LogP contribution in [0.1, 0.15) is 13.8 Å². The number of carboxylic acid groups (broad SMARTS) is 2. The van der Waals surface area contributed by atoms with Crippen molar-refractivity contribution in [2.24, 2.45) is 0 Å². The molecule has 0 saturated carbocycles. The summed E-state index contributed by atoms with van der Waals surface area (Å²) < 4.78 is 118. The number of aliphatic carboxylic acids is 2. The zero-order valence-electron chi connectivity index (χ0n) is 28.6. The maximum absolute atomic E-state index is 10.7. The SMILES string of the molecule is CC(=O)O.CC(=O)O.CN1CCN(C)CCN(C)CC1.CN1CCN(C)CCN(C)CC1.F[P-](F)(F)(F)(F)F.F[P-](F)(F)(F)(F)F.O.[Mn].[Mn]. The first-order valence-corrected chi connectivity index (χ1v) is 17.4. The molecule has 0 aliphatic carbocycles. The Bertz CT molecular complexity index is 715. The van der Waals surface area contributed by atoms with Crippen LogP contribution in [0.2, 0.25) is 0 Å². The smallest absolute Gasteiger partial charge is 0 e. The summed E-state index contributed by atoms with van der Waals surface area (Å²) in [6, 6.07) is 0. The van der Waals surface area contributed by atoms with Gasteiger partial charge in [0.1, 0.15) is 0 Å². The molecule has 4 N–H and O–H groups in total. The van der Waals surface area contributed by atoms with Crippen molar-refractivity contribution < 1.29 is 110 Å². The number of nitrogens with zero attached hydrogens (tertiary/aromatic N) is 6. The van der Waals surface area contributed by atoms with E-state index in [2.05, 4.69) is 71.7 Å². The molecule has 27 heteroatoms. The summed E-state index contributed by atoms with van der Waals surface area (Å²) >= 11 is 0. The Morgan fingerprint density at radius 2 is 0.429 bits per heavy atom. The Kier molecular flexibility index (Phi) is 31.4. The van der Waals surface area contributed by atoms with E-state index in [0.717, 1.165) is 13.8 Å². The molecule has 0 bridgehead atoms. The fraction of sp³-hybridized carbons (Fsp3) is 0.909. The summed E-state index contributed by atoms with van der Waals surface area (Å²) in [7, 11) is -8.11. The molecule has 11 nitrogen and oxygen atoms in total. The Balaban J connectivity index is -0.0000000897. The third-order valence-corrected chi connectivity index (χ3v) is 5.18. The third-order valence-electron chi connectivity index (χ3n) is 5.18. The van der Waals surface area contributed by atoms with Crippen LogP contribution >= 0.6 is 15.6 Å². The molecule has 0 aromatic rings. The van der Waals surface area contributed by atoms with Crippen molar-refractivity contribution in [1.29, 1.82) is 0 Å². The molecule has 0 spiro atoms. The number of carboxylic acids is 2. The summed E-state index contributed by atoms with van der Waals surface area (Å²) in [5.74, 6) is -1.67. The van der Waals surface area contributed by atoms with Gasteiger partial charge in [-0.3, -0.25) is 9.59 Å². The molecule has 2 saturated heterocycles. The van der Waals surface area contributed by atoms with E-state index in [9.17, 15) is 50.4 Å². The summed E-state index contributed by atoms with van der Waals surface area (Å²) in [6.07, 6.45) is 0. The summed E-state index contributed by atoms with van der Waals surface area (Å²) in [5, 5.41) is 14.8. The van der Waals surface area contributed by atoms with Gasteiger partial charge in [0, 0.05) is 127 Å². The predicted octanol–water partition coefficient (Wildman–Crippen LogP) is 5.71. The molecule has 2 fully saturated rings. The first-order valence-electron chi connectivity index (χ1n) is 13.4. The molecular weight excluding hydrogens is 828 g/mol. The van der Waals surface area contributed by atoms with Gasteiger partial charge in [0.25, 0.3) is 11.9 Å². The van der Waals surface area contributed by atoms with Gasteiger partial charge in [-0.25, -0.2) is 0 Å². The minimum Gasteiger partial charge on any atom is -0.412 e. The van der Waals surface area contributed by atoms with Crippen molar-refractivity contribution >= 4 is 27.6 Å². The van der Waals surface area contributed by atoms with E-state index >= 15 is 0 Å². The van der Waals surface area contributed by atoms with Crippen LogP contribution in [-0.4, -0.2) is 178 Å². The summed E-state index contributed by atoms with van der Waals surface area (Å²) in [4.78, 5) is 32.4. The molecule has 49 heavy (non-hydrogen) atoms. The monoisotopic (exact) mass is 880 g/mol. The maximum atomic E-state index is 9.87. The second-order valence-corrected chi connectivity index (χ2v) is 14.6. The number of rotatable bonds is 0. The van der Waals surface area contributed by atoms with Crippen molar-refractivity contribution in [3.63, 3.8) is 0 Å². The van der Waals surface area contributed by atoms with E-state index in [4.69, 9.17) is 19.8 Å². The van der Waals surface area contributed by atoms with Crippen LogP contribution in [0.4, 0.5) is 50.4 Å². The van der Waals surface area contributed by atoms with Gasteiger partial charge in [0.15, 0.2) is 0 Å². The molecule has 2 radical (unpaired) electrons. The van der Waals surface area contributed by atoms with E-state index < -0.39 is 27.6 Å². The van der Waals surface area contributed by atoms with Crippen LogP contribution in [0.3, 0.4) is 0 Å². The second-order valence-electron chi connectivity index (χ2n) is 10.8. The molecule has 2 aliphatic heterocycles. The van der Waals surface area contributed by atoms with Gasteiger partial charge in [-0.05, 0) is 42.3 Å². The van der Waals surface area contributed by atoms with Crippen LogP contribution in [0.5, 0.6) is 0 Å². The molecule has 0 aromatic heterocycles. The fourth-order valence-corrected chi connectivity index (χ4v) is 2.72. The number of hydrogen-bond acceptors (Lipinski definition) is 8. The molecule has 2 heterocycles. The van der Waals surface area contributed by atoms with Gasteiger partial charge in [-0.1, -0.05) is 0 Å². The van der Waals surface area contributed by atoms with Crippen molar-refractivity contribution in [3.8, 4) is 0 Å². The quantitative estimate of drug-likeness (QED) is 0.178. The zero-order valence-corrected chi connectivity index (χ0v) is 32.7. The van der Waals surface area contributed by atoms with Gasteiger partial charge < -0.3 is 45.1 Å². The minimum atomic E-state index is -10.7. The topological polar surface area (TPSA) is 126 Å². The van der Waals surface area contributed by atoms with Crippen LogP contribution < -0.4 is 0 Å². The summed E-state index contributed by atoms with van der Waals surface area (Å²) in [5.41, 5.74) is 0. The van der Waals surface area contributed by atoms with E-state index in [0.29, 0.717) is 0 Å². The predicted molar refractivity (Wildman–Crippen MR) is 162 cm³/mol. The standard InChI is InChI=1S/2C9H21N3.2C2H4O2.2F6P.2Mn.H2O/c2*1-10-4-6-11(2)8-9-12(3)7-5-10;2*1-2(3)4;2*1-7(2,3,4,5)6;;;/h2*4-9H2,1-3H3;2*1H3,(H,3,4);;;;;1H2/q;;;;2*-1;;;. The average Bonchev–Trinajstić information content (AvgIpc) is 2.87. The van der Waals surface area contributed by atoms with Gasteiger partial charge in [0.05, 0.1) is 0 Å². The first kappa shape index (κ1) is 63.7. The Morgan fingerprint density at radius 3 is 0.469 bits per heavy atom. The zero-order chi connectivity index (χ0) is 37.9. The molecular formula is C22H52F12Mn2N6O5P2-2. The number of halogens is 12. The van der Waals surface area contributed by atoms with Crippen molar-refractivity contribution in [1.82, 2.24) is 29.4 Å². The van der Waals surface area contributed by atoms with Gasteiger partial charge >= 0.3 is 66.0 Å². The van der Waals surface area contributed by atoms with E-state index in [1.165, 1.54) is 78.5 Å². The minimum absolute atomic E-state index is 0. The van der Waals surface area contributed by atoms with E-state index in [1.807, 2.05) is 0 Å². The molecule has 0 atom stereocenters. The van der Waals surface area contributed by atoms with Crippen LogP contribution in [-0.2, 0) is 43.7 Å². The van der Waals surface area contributed by atoms with Crippen molar-refractivity contribution in [3.05, 3.63) is 0 Å². The van der Waals surface area contributed by atoms with Gasteiger partial charge in [-0.15, -0.1) is 0 Å². The fourth-order valence-electron chi connectivity index (χ4n) is 2.72. The summed E-state index contributed by atoms with van der Waals surface area (Å²) in [6.45, 7) is 16.6. The molecule has 0 aromatic carbocycles. The van der Waals surface area contributed by atoms with E-state index in [-0.39, 0.29) is 39.6 Å². The molecule has 0 unspecified atom stereocenters. The number of carbonyl (C=O) groups is 2. The molecule has 0 amide bonds. The molecule has 2 rings (SSSR count). The number of likely N-dealkylation sites (N-methyl/N-ethyl adjacent to an activating group) is 6. The Labute approximate surface area is 301 Å². The number of hydrogen-bond donors (Lipinski definition) is 2. The Hall–Kier alpha value is -0.281. The second kappa shape index (κ2) is 24.1. The van der Waals surface area contributed by atoms with Crippen LogP contribution in [0, 0.1) is 0 Å². The van der Waals surface area contributed by atoms with E-state index in [1.54, 1.807) is 0 Å². The normalized spacial score (nSPS) is 20.5. The Morgan fingerprint density at radius 1 is 0.388 bits per heavy atom. The van der Waals surface area contributed by atoms with Crippen molar-refractivity contribution in [2.75, 3.05) is 121 Å². The maximum Gasteiger partial charge on any atom is 0 e. The van der Waals surface area contributed by atoms with Crippen LogP contribution in [0.15, 0.2) is 0 Å². The molecule has 310 valence electrons. The van der Waals surface area contributed by atoms with Crippen molar-refractivity contribution in [2.45, 2.75) is 13.8 Å².